The number of ether oxygens (including phenoxy) is 1. The molecule has 2 unspecified atom stereocenters. The second-order valence-corrected chi connectivity index (χ2v) is 4.61. The van der Waals surface area contributed by atoms with E-state index in [2.05, 4.69) is 31.1 Å². The summed E-state index contributed by atoms with van der Waals surface area (Å²) in [6.45, 7) is 7.21. The van der Waals surface area contributed by atoms with Gasteiger partial charge in [0.25, 0.3) is 0 Å². The summed E-state index contributed by atoms with van der Waals surface area (Å²) in [7, 11) is 5.31. The Morgan fingerprint density at radius 3 is 2.50 bits per heavy atom. The molecule has 0 spiro atoms. The summed E-state index contributed by atoms with van der Waals surface area (Å²) < 4.78 is 4.83. The van der Waals surface area contributed by atoms with Crippen LogP contribution in [0.4, 0.5) is 0 Å². The molecule has 0 aromatic heterocycles. The fourth-order valence-corrected chi connectivity index (χ4v) is 1.83. The molecule has 0 radical (unpaired) electrons. The lowest BCUT2D eigenvalue weighted by Crippen LogP contribution is -2.52. The smallest absolute Gasteiger partial charge is 0.325 e. The number of rotatable bonds is 7. The van der Waals surface area contributed by atoms with E-state index in [9.17, 15) is 4.79 Å². The molecule has 0 amide bonds. The molecule has 0 saturated heterocycles. The fraction of sp³-hybridized carbons (Fsp3) is 0.917. The third kappa shape index (κ3) is 4.10. The van der Waals surface area contributed by atoms with Crippen LogP contribution in [0.15, 0.2) is 0 Å². The summed E-state index contributed by atoms with van der Waals surface area (Å²) in [6, 6.07) is 0.344. The van der Waals surface area contributed by atoms with Crippen LogP contribution in [0.3, 0.4) is 0 Å². The van der Waals surface area contributed by atoms with Crippen LogP contribution in [0.25, 0.3) is 0 Å². The highest BCUT2D eigenvalue weighted by Crippen LogP contribution is 2.17. The number of hydrogen-bond acceptors (Lipinski definition) is 4. The number of likely N-dealkylation sites (N-methyl/N-ethyl adjacent to an activating group) is 1. The molecule has 16 heavy (non-hydrogen) atoms. The van der Waals surface area contributed by atoms with Crippen LogP contribution in [0.5, 0.6) is 0 Å². The Morgan fingerprint density at radius 1 is 1.56 bits per heavy atom. The summed E-state index contributed by atoms with van der Waals surface area (Å²) in [6.07, 6.45) is 1.86. The van der Waals surface area contributed by atoms with E-state index in [1.54, 1.807) is 7.05 Å². The van der Waals surface area contributed by atoms with E-state index in [4.69, 9.17) is 4.74 Å². The standard InChI is InChI=1S/C12H26N2O2/c1-7-8-14(5)10(2)9-12(3,13-4)11(15)16-6/h10,13H,7-9H2,1-6H3. The molecule has 0 aliphatic rings. The molecular formula is C12H26N2O2. The monoisotopic (exact) mass is 230 g/mol. The first-order chi connectivity index (χ1) is 7.41. The lowest BCUT2D eigenvalue weighted by molar-refractivity contribution is -0.148. The van der Waals surface area contributed by atoms with E-state index in [1.165, 1.54) is 7.11 Å². The van der Waals surface area contributed by atoms with Gasteiger partial charge in [0.2, 0.25) is 0 Å². The lowest BCUT2D eigenvalue weighted by atomic mass is 9.93. The second kappa shape index (κ2) is 6.86. The van der Waals surface area contributed by atoms with Crippen molar-refractivity contribution in [2.24, 2.45) is 0 Å². The number of nitrogens with zero attached hydrogens (tertiary/aromatic N) is 1. The fourth-order valence-electron chi connectivity index (χ4n) is 1.83. The minimum atomic E-state index is -0.601. The number of methoxy groups -OCH3 is 1. The van der Waals surface area contributed by atoms with Crippen LogP contribution >= 0.6 is 0 Å². The minimum absolute atomic E-state index is 0.202. The van der Waals surface area contributed by atoms with Gasteiger partial charge in [0.15, 0.2) is 0 Å². The van der Waals surface area contributed by atoms with Crippen LogP contribution in [0.1, 0.15) is 33.6 Å². The molecule has 0 heterocycles. The highest BCUT2D eigenvalue weighted by Gasteiger charge is 2.34. The molecule has 0 saturated carbocycles. The van der Waals surface area contributed by atoms with Crippen molar-refractivity contribution in [2.75, 3.05) is 27.7 Å². The largest absolute Gasteiger partial charge is 0.468 e. The average Bonchev–Trinajstić information content (AvgIpc) is 2.27. The SMILES string of the molecule is CCCN(C)C(C)CC(C)(NC)C(=O)OC. The molecule has 2 atom stereocenters. The van der Waals surface area contributed by atoms with Gasteiger partial charge in [-0.25, -0.2) is 0 Å². The number of nitrogens with one attached hydrogen (secondary N) is 1. The summed E-state index contributed by atoms with van der Waals surface area (Å²) in [4.78, 5) is 13.9. The van der Waals surface area contributed by atoms with Gasteiger partial charge in [0, 0.05) is 6.04 Å². The third-order valence-electron chi connectivity index (χ3n) is 3.22. The quantitative estimate of drug-likeness (QED) is 0.669. The summed E-state index contributed by atoms with van der Waals surface area (Å²) in [5.74, 6) is -0.202. The zero-order chi connectivity index (χ0) is 12.8. The van der Waals surface area contributed by atoms with E-state index < -0.39 is 5.54 Å². The Hall–Kier alpha value is -0.610. The van der Waals surface area contributed by atoms with Crippen LogP contribution in [0, 0.1) is 0 Å². The third-order valence-corrected chi connectivity index (χ3v) is 3.22. The van der Waals surface area contributed by atoms with E-state index >= 15 is 0 Å². The number of esters is 1. The van der Waals surface area contributed by atoms with Gasteiger partial charge >= 0.3 is 5.97 Å². The Bertz CT molecular complexity index is 221. The van der Waals surface area contributed by atoms with Gasteiger partial charge in [-0.05, 0) is 47.3 Å². The molecular weight excluding hydrogens is 204 g/mol. The van der Waals surface area contributed by atoms with Gasteiger partial charge in [-0.1, -0.05) is 6.92 Å². The highest BCUT2D eigenvalue weighted by atomic mass is 16.5. The van der Waals surface area contributed by atoms with Crippen LogP contribution in [0.2, 0.25) is 0 Å². The number of hydrogen-bond donors (Lipinski definition) is 1. The first kappa shape index (κ1) is 15.4. The number of carbonyl (C=O) groups is 1. The van der Waals surface area contributed by atoms with Gasteiger partial charge in [-0.15, -0.1) is 0 Å². The topological polar surface area (TPSA) is 41.6 Å². The summed E-state index contributed by atoms with van der Waals surface area (Å²) in [5, 5.41) is 3.06. The molecule has 0 bridgehead atoms. The Kier molecular flexibility index (Phi) is 6.60. The predicted octanol–water partition coefficient (Wildman–Crippen LogP) is 1.26. The van der Waals surface area contributed by atoms with Crippen LogP contribution < -0.4 is 5.32 Å². The molecule has 0 aliphatic carbocycles. The second-order valence-electron chi connectivity index (χ2n) is 4.61. The van der Waals surface area contributed by atoms with E-state index in [1.807, 2.05) is 6.92 Å². The van der Waals surface area contributed by atoms with Crippen molar-refractivity contribution in [3.05, 3.63) is 0 Å². The molecule has 0 rings (SSSR count). The maximum absolute atomic E-state index is 11.7. The highest BCUT2D eigenvalue weighted by molar-refractivity contribution is 5.80. The average molecular weight is 230 g/mol. The van der Waals surface area contributed by atoms with Crippen LogP contribution in [-0.4, -0.2) is 50.2 Å². The normalized spacial score (nSPS) is 16.9. The van der Waals surface area contributed by atoms with Crippen molar-refractivity contribution in [2.45, 2.75) is 45.2 Å². The van der Waals surface area contributed by atoms with Crippen molar-refractivity contribution in [1.82, 2.24) is 10.2 Å². The molecule has 0 aromatic carbocycles. The van der Waals surface area contributed by atoms with Gasteiger partial charge in [0.1, 0.15) is 5.54 Å². The Morgan fingerprint density at radius 2 is 2.12 bits per heavy atom. The maximum Gasteiger partial charge on any atom is 0.325 e. The lowest BCUT2D eigenvalue weighted by Gasteiger charge is -2.33. The van der Waals surface area contributed by atoms with E-state index in [0.717, 1.165) is 19.4 Å². The first-order valence-electron chi connectivity index (χ1n) is 5.88. The molecule has 4 heteroatoms. The Labute approximate surface area is 99.3 Å². The summed E-state index contributed by atoms with van der Waals surface area (Å²) >= 11 is 0. The molecule has 1 N–H and O–H groups in total. The van der Waals surface area contributed by atoms with Gasteiger partial charge < -0.3 is 15.0 Å². The maximum atomic E-state index is 11.7. The minimum Gasteiger partial charge on any atom is -0.468 e. The predicted molar refractivity (Wildman–Crippen MR) is 66.5 cm³/mol. The molecule has 0 fully saturated rings. The Balaban J connectivity index is 4.47. The first-order valence-corrected chi connectivity index (χ1v) is 5.88. The van der Waals surface area contributed by atoms with Crippen molar-refractivity contribution in [1.29, 1.82) is 0 Å². The zero-order valence-corrected chi connectivity index (χ0v) is 11.5. The van der Waals surface area contributed by atoms with Crippen molar-refractivity contribution in [3.8, 4) is 0 Å². The van der Waals surface area contributed by atoms with E-state index in [0.29, 0.717) is 6.04 Å². The molecule has 4 nitrogen and oxygen atoms in total. The van der Waals surface area contributed by atoms with Gasteiger partial charge in [-0.3, -0.25) is 4.79 Å². The van der Waals surface area contributed by atoms with Crippen molar-refractivity contribution < 1.29 is 9.53 Å². The van der Waals surface area contributed by atoms with Gasteiger partial charge in [0.05, 0.1) is 7.11 Å². The number of carbonyl (C=O) groups excluding carboxylic acids is 1. The van der Waals surface area contributed by atoms with Gasteiger partial charge in [-0.2, -0.15) is 0 Å². The van der Waals surface area contributed by atoms with Crippen LogP contribution in [-0.2, 0) is 9.53 Å². The summed E-state index contributed by atoms with van der Waals surface area (Å²) in [5.41, 5.74) is -0.601. The van der Waals surface area contributed by atoms with Crippen molar-refractivity contribution >= 4 is 5.97 Å². The zero-order valence-electron chi connectivity index (χ0n) is 11.5. The molecule has 0 aliphatic heterocycles. The molecule has 0 aromatic rings. The molecule has 96 valence electrons. The van der Waals surface area contributed by atoms with E-state index in [-0.39, 0.29) is 5.97 Å². The van der Waals surface area contributed by atoms with Crippen molar-refractivity contribution in [3.63, 3.8) is 0 Å².